The zero-order valence-corrected chi connectivity index (χ0v) is 14.7. The first kappa shape index (κ1) is 17.5. The molecule has 0 bridgehead atoms. The van der Waals surface area contributed by atoms with E-state index in [1.54, 1.807) is 49.0 Å². The van der Waals surface area contributed by atoms with Gasteiger partial charge in [0, 0.05) is 56.8 Å². The molecule has 26 heavy (non-hydrogen) atoms. The van der Waals surface area contributed by atoms with Crippen molar-refractivity contribution in [1.82, 2.24) is 19.9 Å². The van der Waals surface area contributed by atoms with Crippen molar-refractivity contribution in [2.45, 2.75) is 13.0 Å². The lowest BCUT2D eigenvalue weighted by molar-refractivity contribution is 0.0791. The maximum Gasteiger partial charge on any atom is 0.272 e. The van der Waals surface area contributed by atoms with Gasteiger partial charge in [-0.3, -0.25) is 19.7 Å². The average Bonchev–Trinajstić information content (AvgIpc) is 2.71. The first-order valence-electron chi connectivity index (χ1n) is 8.45. The van der Waals surface area contributed by atoms with Crippen molar-refractivity contribution in [3.63, 3.8) is 0 Å². The monoisotopic (exact) mass is 347 g/mol. The van der Waals surface area contributed by atoms with Crippen molar-refractivity contribution in [2.75, 3.05) is 18.9 Å². The lowest BCUT2D eigenvalue weighted by Crippen LogP contribution is -2.29. The summed E-state index contributed by atoms with van der Waals surface area (Å²) in [6, 6.07) is 11.5. The molecule has 6 heteroatoms. The molecule has 0 aliphatic heterocycles. The molecule has 6 nitrogen and oxygen atoms in total. The average molecular weight is 347 g/mol. The van der Waals surface area contributed by atoms with Gasteiger partial charge in [0.15, 0.2) is 0 Å². The fourth-order valence-electron chi connectivity index (χ4n) is 2.51. The third-order valence-corrected chi connectivity index (χ3v) is 4.06. The molecule has 0 aliphatic carbocycles. The fraction of sp³-hybridized carbons (Fsp3) is 0.200. The molecule has 0 aromatic carbocycles. The summed E-state index contributed by atoms with van der Waals surface area (Å²) < 4.78 is 0. The summed E-state index contributed by atoms with van der Waals surface area (Å²) in [7, 11) is 1.79. The molecule has 3 aromatic rings. The predicted molar refractivity (Wildman–Crippen MR) is 101 cm³/mol. The second kappa shape index (κ2) is 8.71. The lowest BCUT2D eigenvalue weighted by Gasteiger charge is -2.17. The minimum atomic E-state index is -0.0911. The molecular formula is C20H21N5O. The fourth-order valence-corrected chi connectivity index (χ4v) is 2.51. The van der Waals surface area contributed by atoms with E-state index in [0.29, 0.717) is 18.8 Å². The number of amides is 1. The number of hydrogen-bond donors (Lipinski definition) is 1. The van der Waals surface area contributed by atoms with E-state index >= 15 is 0 Å². The van der Waals surface area contributed by atoms with Gasteiger partial charge >= 0.3 is 0 Å². The van der Waals surface area contributed by atoms with Crippen molar-refractivity contribution in [3.05, 3.63) is 84.2 Å². The van der Waals surface area contributed by atoms with Gasteiger partial charge in [-0.25, -0.2) is 0 Å². The predicted octanol–water partition coefficient (Wildman–Crippen LogP) is 2.80. The normalized spacial score (nSPS) is 10.3. The summed E-state index contributed by atoms with van der Waals surface area (Å²) in [5.41, 5.74) is 3.57. The van der Waals surface area contributed by atoms with Crippen LogP contribution in [0.2, 0.25) is 0 Å². The molecule has 1 amide bonds. The smallest absolute Gasteiger partial charge is 0.272 e. The Kier molecular flexibility index (Phi) is 5.88. The van der Waals surface area contributed by atoms with Gasteiger partial charge in [0.2, 0.25) is 0 Å². The molecule has 0 unspecified atom stereocenters. The number of carbonyl (C=O) groups excluding carboxylic acids is 1. The number of likely N-dealkylation sites (N-methyl/N-ethyl adjacent to an activating group) is 1. The van der Waals surface area contributed by atoms with E-state index in [2.05, 4.69) is 20.3 Å². The standard InChI is InChI=1S/C20H21N5O/c1-25(13-7-16-2-8-21-9-3-16)20(26)19-14-18(6-12-23-19)24-15-17-4-10-22-11-5-17/h2-6,8-12,14H,7,13,15H2,1H3,(H,23,24). The largest absolute Gasteiger partial charge is 0.381 e. The summed E-state index contributed by atoms with van der Waals surface area (Å²) in [6.07, 6.45) is 9.48. The third-order valence-electron chi connectivity index (χ3n) is 4.06. The number of pyridine rings is 3. The van der Waals surface area contributed by atoms with Crippen molar-refractivity contribution in [3.8, 4) is 0 Å². The number of anilines is 1. The van der Waals surface area contributed by atoms with Crippen LogP contribution >= 0.6 is 0 Å². The van der Waals surface area contributed by atoms with Crippen LogP contribution in [0.15, 0.2) is 67.4 Å². The van der Waals surface area contributed by atoms with Crippen LogP contribution in [-0.4, -0.2) is 39.4 Å². The van der Waals surface area contributed by atoms with Gasteiger partial charge < -0.3 is 10.2 Å². The van der Waals surface area contributed by atoms with E-state index < -0.39 is 0 Å². The lowest BCUT2D eigenvalue weighted by atomic mass is 10.2. The summed E-state index contributed by atoms with van der Waals surface area (Å²) in [5.74, 6) is -0.0911. The van der Waals surface area contributed by atoms with E-state index in [1.807, 2.05) is 30.3 Å². The highest BCUT2D eigenvalue weighted by Crippen LogP contribution is 2.12. The molecule has 0 fully saturated rings. The maximum absolute atomic E-state index is 12.6. The molecule has 0 spiro atoms. The van der Waals surface area contributed by atoms with E-state index in [4.69, 9.17) is 0 Å². The summed E-state index contributed by atoms with van der Waals surface area (Å²) in [4.78, 5) is 26.5. The van der Waals surface area contributed by atoms with Gasteiger partial charge in [-0.05, 0) is 53.9 Å². The molecule has 0 saturated carbocycles. The Bertz CT molecular complexity index is 839. The van der Waals surface area contributed by atoms with E-state index in [1.165, 1.54) is 0 Å². The number of rotatable bonds is 7. The zero-order valence-electron chi connectivity index (χ0n) is 14.7. The number of aromatic nitrogens is 3. The Morgan fingerprint density at radius 3 is 2.31 bits per heavy atom. The third kappa shape index (κ3) is 4.86. The summed E-state index contributed by atoms with van der Waals surface area (Å²) >= 11 is 0. The minimum absolute atomic E-state index is 0.0911. The highest BCUT2D eigenvalue weighted by Gasteiger charge is 2.13. The van der Waals surface area contributed by atoms with Crippen LogP contribution in [0, 0.1) is 0 Å². The summed E-state index contributed by atoms with van der Waals surface area (Å²) in [5, 5.41) is 3.31. The van der Waals surface area contributed by atoms with Crippen LogP contribution in [0.25, 0.3) is 0 Å². The van der Waals surface area contributed by atoms with Crippen LogP contribution in [0.5, 0.6) is 0 Å². The van der Waals surface area contributed by atoms with Gasteiger partial charge in [0.25, 0.3) is 5.91 Å². The van der Waals surface area contributed by atoms with E-state index in [9.17, 15) is 4.79 Å². The van der Waals surface area contributed by atoms with Crippen molar-refractivity contribution >= 4 is 11.6 Å². The molecule has 3 heterocycles. The molecule has 0 radical (unpaired) electrons. The van der Waals surface area contributed by atoms with Gasteiger partial charge in [-0.15, -0.1) is 0 Å². The summed E-state index contributed by atoms with van der Waals surface area (Å²) in [6.45, 7) is 1.29. The van der Waals surface area contributed by atoms with Crippen molar-refractivity contribution < 1.29 is 4.79 Å². The van der Waals surface area contributed by atoms with Crippen LogP contribution < -0.4 is 5.32 Å². The van der Waals surface area contributed by atoms with Crippen LogP contribution in [0.1, 0.15) is 21.6 Å². The first-order valence-corrected chi connectivity index (χ1v) is 8.45. The SMILES string of the molecule is CN(CCc1ccncc1)C(=O)c1cc(NCc2ccncc2)ccn1. The Labute approximate surface area is 153 Å². The van der Waals surface area contributed by atoms with Gasteiger partial charge in [-0.1, -0.05) is 0 Å². The number of carbonyl (C=O) groups is 1. The highest BCUT2D eigenvalue weighted by molar-refractivity contribution is 5.92. The van der Waals surface area contributed by atoms with Crippen molar-refractivity contribution in [2.24, 2.45) is 0 Å². The van der Waals surface area contributed by atoms with Crippen LogP contribution in [0.4, 0.5) is 5.69 Å². The topological polar surface area (TPSA) is 71.0 Å². The molecule has 3 rings (SSSR count). The Balaban J connectivity index is 1.58. The Morgan fingerprint density at radius 2 is 1.62 bits per heavy atom. The van der Waals surface area contributed by atoms with Crippen molar-refractivity contribution in [1.29, 1.82) is 0 Å². The number of hydrogen-bond acceptors (Lipinski definition) is 5. The Hall–Kier alpha value is -3.28. The minimum Gasteiger partial charge on any atom is -0.381 e. The second-order valence-electron chi connectivity index (χ2n) is 5.97. The van der Waals surface area contributed by atoms with Crippen LogP contribution in [-0.2, 0) is 13.0 Å². The van der Waals surface area contributed by atoms with Gasteiger partial charge in [0.05, 0.1) is 0 Å². The Morgan fingerprint density at radius 1 is 0.962 bits per heavy atom. The molecule has 3 aromatic heterocycles. The van der Waals surface area contributed by atoms with Crippen LogP contribution in [0.3, 0.4) is 0 Å². The highest BCUT2D eigenvalue weighted by atomic mass is 16.2. The quantitative estimate of drug-likeness (QED) is 0.712. The maximum atomic E-state index is 12.6. The zero-order chi connectivity index (χ0) is 18.2. The molecule has 0 atom stereocenters. The first-order chi connectivity index (χ1) is 12.7. The molecule has 132 valence electrons. The molecule has 0 aliphatic rings. The molecule has 0 saturated heterocycles. The molecule has 1 N–H and O–H groups in total. The van der Waals surface area contributed by atoms with E-state index in [0.717, 1.165) is 23.2 Å². The van der Waals surface area contributed by atoms with Gasteiger partial charge in [0.1, 0.15) is 5.69 Å². The van der Waals surface area contributed by atoms with Gasteiger partial charge in [-0.2, -0.15) is 0 Å². The molecular weight excluding hydrogens is 326 g/mol. The number of nitrogens with zero attached hydrogens (tertiary/aromatic N) is 4. The second-order valence-corrected chi connectivity index (χ2v) is 5.97. The number of nitrogens with one attached hydrogen (secondary N) is 1. The van der Waals surface area contributed by atoms with E-state index in [-0.39, 0.29) is 5.91 Å².